The fraction of sp³-hybridized carbons (Fsp3) is 0.400. The molecule has 2 heterocycles. The van der Waals surface area contributed by atoms with E-state index in [4.69, 9.17) is 0 Å². The lowest BCUT2D eigenvalue weighted by molar-refractivity contribution is 0.102. The molecule has 1 aromatic carbocycles. The van der Waals surface area contributed by atoms with Crippen molar-refractivity contribution in [2.45, 2.75) is 39.0 Å². The third-order valence-corrected chi connectivity index (χ3v) is 4.53. The molecule has 4 heteroatoms. The predicted octanol–water partition coefficient (Wildman–Crippen LogP) is 4.45. The number of aromatic nitrogens is 1. The van der Waals surface area contributed by atoms with Gasteiger partial charge in [0.05, 0.1) is 0 Å². The van der Waals surface area contributed by atoms with Crippen LogP contribution in [0.15, 0.2) is 42.6 Å². The summed E-state index contributed by atoms with van der Waals surface area (Å²) in [5.41, 5.74) is 3.61. The summed E-state index contributed by atoms with van der Waals surface area (Å²) in [4.78, 5) is 19.0. The van der Waals surface area contributed by atoms with Gasteiger partial charge in [-0.3, -0.25) is 9.78 Å². The molecule has 1 aliphatic heterocycles. The standard InChI is InChI=1S/C20H25N3O/c1-15(2)16-6-8-17(9-7-16)22-20(24)19-14-18(10-11-21-19)23-12-4-3-5-13-23/h6-11,14-15H,3-5,12-13H2,1-2H3,(H,22,24). The number of nitrogens with one attached hydrogen (secondary N) is 1. The van der Waals surface area contributed by atoms with E-state index in [-0.39, 0.29) is 5.91 Å². The molecule has 1 aromatic heterocycles. The second-order valence-corrected chi connectivity index (χ2v) is 6.68. The summed E-state index contributed by atoms with van der Waals surface area (Å²) < 4.78 is 0. The molecule has 1 fully saturated rings. The summed E-state index contributed by atoms with van der Waals surface area (Å²) in [5, 5.41) is 2.93. The van der Waals surface area contributed by atoms with Gasteiger partial charge in [-0.2, -0.15) is 0 Å². The van der Waals surface area contributed by atoms with Gasteiger partial charge in [-0.1, -0.05) is 26.0 Å². The molecule has 4 nitrogen and oxygen atoms in total. The lowest BCUT2D eigenvalue weighted by atomic mass is 10.0. The molecule has 1 N–H and O–H groups in total. The van der Waals surface area contributed by atoms with Crippen molar-refractivity contribution in [3.8, 4) is 0 Å². The Morgan fingerprint density at radius 2 is 1.79 bits per heavy atom. The number of hydrogen-bond donors (Lipinski definition) is 1. The molecular weight excluding hydrogens is 298 g/mol. The van der Waals surface area contributed by atoms with Crippen LogP contribution in [0.25, 0.3) is 0 Å². The number of pyridine rings is 1. The van der Waals surface area contributed by atoms with Gasteiger partial charge in [0.25, 0.3) is 5.91 Å². The number of benzene rings is 1. The highest BCUT2D eigenvalue weighted by atomic mass is 16.1. The summed E-state index contributed by atoms with van der Waals surface area (Å²) in [7, 11) is 0. The Morgan fingerprint density at radius 1 is 1.08 bits per heavy atom. The maximum absolute atomic E-state index is 12.5. The van der Waals surface area contributed by atoms with Crippen LogP contribution >= 0.6 is 0 Å². The van der Waals surface area contributed by atoms with Gasteiger partial charge in [-0.05, 0) is 55.0 Å². The first-order valence-electron chi connectivity index (χ1n) is 8.76. The zero-order valence-corrected chi connectivity index (χ0v) is 14.5. The summed E-state index contributed by atoms with van der Waals surface area (Å²) in [6.07, 6.45) is 5.44. The van der Waals surface area contributed by atoms with Crippen molar-refractivity contribution in [2.24, 2.45) is 0 Å². The van der Waals surface area contributed by atoms with Crippen LogP contribution in [0.4, 0.5) is 11.4 Å². The van der Waals surface area contributed by atoms with E-state index in [1.807, 2.05) is 24.3 Å². The normalized spacial score (nSPS) is 14.7. The minimum atomic E-state index is -0.161. The Hall–Kier alpha value is -2.36. The molecule has 126 valence electrons. The maximum Gasteiger partial charge on any atom is 0.274 e. The highest BCUT2D eigenvalue weighted by Crippen LogP contribution is 2.21. The van der Waals surface area contributed by atoms with E-state index < -0.39 is 0 Å². The first-order chi connectivity index (χ1) is 11.6. The first-order valence-corrected chi connectivity index (χ1v) is 8.76. The lowest BCUT2D eigenvalue weighted by Crippen LogP contribution is -2.29. The topological polar surface area (TPSA) is 45.2 Å². The minimum Gasteiger partial charge on any atom is -0.371 e. The molecule has 0 radical (unpaired) electrons. The van der Waals surface area contributed by atoms with Gasteiger partial charge in [0, 0.05) is 30.7 Å². The average Bonchev–Trinajstić information content (AvgIpc) is 2.63. The smallest absolute Gasteiger partial charge is 0.274 e. The molecule has 24 heavy (non-hydrogen) atoms. The first kappa shape index (κ1) is 16.5. The van der Waals surface area contributed by atoms with Crippen molar-refractivity contribution >= 4 is 17.3 Å². The van der Waals surface area contributed by atoms with Gasteiger partial charge in [-0.25, -0.2) is 0 Å². The highest BCUT2D eigenvalue weighted by molar-refractivity contribution is 6.03. The number of carbonyl (C=O) groups is 1. The number of anilines is 2. The van der Waals surface area contributed by atoms with Crippen LogP contribution in [0.5, 0.6) is 0 Å². The maximum atomic E-state index is 12.5. The van der Waals surface area contributed by atoms with E-state index in [0.29, 0.717) is 11.6 Å². The Balaban J connectivity index is 1.70. The average molecular weight is 323 g/mol. The van der Waals surface area contributed by atoms with Gasteiger partial charge in [-0.15, -0.1) is 0 Å². The van der Waals surface area contributed by atoms with Crippen LogP contribution in [0.1, 0.15) is 55.1 Å². The molecule has 1 amide bonds. The molecule has 0 unspecified atom stereocenters. The summed E-state index contributed by atoms with van der Waals surface area (Å²) in [6, 6.07) is 11.9. The lowest BCUT2D eigenvalue weighted by Gasteiger charge is -2.28. The fourth-order valence-corrected chi connectivity index (χ4v) is 3.04. The van der Waals surface area contributed by atoms with E-state index >= 15 is 0 Å². The van der Waals surface area contributed by atoms with Gasteiger partial charge in [0.15, 0.2) is 0 Å². The zero-order valence-electron chi connectivity index (χ0n) is 14.5. The quantitative estimate of drug-likeness (QED) is 0.904. The molecule has 3 rings (SSSR count). The number of piperidine rings is 1. The Labute approximate surface area is 143 Å². The van der Waals surface area contributed by atoms with Gasteiger partial charge in [0.1, 0.15) is 5.69 Å². The van der Waals surface area contributed by atoms with Crippen molar-refractivity contribution in [1.29, 1.82) is 0 Å². The summed E-state index contributed by atoms with van der Waals surface area (Å²) in [5.74, 6) is 0.323. The molecule has 0 atom stereocenters. The Bertz CT molecular complexity index is 688. The van der Waals surface area contributed by atoms with Crippen LogP contribution in [0, 0.1) is 0 Å². The highest BCUT2D eigenvalue weighted by Gasteiger charge is 2.14. The number of nitrogens with zero attached hydrogens (tertiary/aromatic N) is 2. The second-order valence-electron chi connectivity index (χ2n) is 6.68. The van der Waals surface area contributed by atoms with E-state index in [1.54, 1.807) is 6.20 Å². The van der Waals surface area contributed by atoms with Crippen LogP contribution < -0.4 is 10.2 Å². The number of rotatable bonds is 4. The van der Waals surface area contributed by atoms with Crippen molar-refractivity contribution in [3.05, 3.63) is 53.9 Å². The van der Waals surface area contributed by atoms with Crippen LogP contribution in [-0.2, 0) is 0 Å². The minimum absolute atomic E-state index is 0.161. The third kappa shape index (κ3) is 3.94. The number of carbonyl (C=O) groups excluding carboxylic acids is 1. The van der Waals surface area contributed by atoms with E-state index in [9.17, 15) is 4.79 Å². The van der Waals surface area contributed by atoms with Crippen LogP contribution in [0.3, 0.4) is 0 Å². The monoisotopic (exact) mass is 323 g/mol. The van der Waals surface area contributed by atoms with Crippen LogP contribution in [0.2, 0.25) is 0 Å². The summed E-state index contributed by atoms with van der Waals surface area (Å²) in [6.45, 7) is 6.43. The SMILES string of the molecule is CC(C)c1ccc(NC(=O)c2cc(N3CCCCC3)ccn2)cc1. The molecule has 0 saturated carbocycles. The third-order valence-electron chi connectivity index (χ3n) is 4.53. The molecule has 2 aromatic rings. The fourth-order valence-electron chi connectivity index (χ4n) is 3.04. The number of hydrogen-bond acceptors (Lipinski definition) is 3. The number of amides is 1. The zero-order chi connectivity index (χ0) is 16.9. The van der Waals surface area contributed by atoms with Crippen molar-refractivity contribution in [3.63, 3.8) is 0 Å². The van der Waals surface area contributed by atoms with Crippen molar-refractivity contribution in [1.82, 2.24) is 4.98 Å². The summed E-state index contributed by atoms with van der Waals surface area (Å²) >= 11 is 0. The predicted molar refractivity (Wildman–Crippen MR) is 98.8 cm³/mol. The van der Waals surface area contributed by atoms with Gasteiger partial charge >= 0.3 is 0 Å². The molecule has 0 aliphatic carbocycles. The van der Waals surface area contributed by atoms with Gasteiger partial charge < -0.3 is 10.2 Å². The largest absolute Gasteiger partial charge is 0.371 e. The van der Waals surface area contributed by atoms with Crippen LogP contribution in [-0.4, -0.2) is 24.0 Å². The van der Waals surface area contributed by atoms with E-state index in [2.05, 4.69) is 41.2 Å². The Kier molecular flexibility index (Phi) is 5.14. The van der Waals surface area contributed by atoms with E-state index in [0.717, 1.165) is 24.5 Å². The molecule has 0 spiro atoms. The van der Waals surface area contributed by atoms with Crippen molar-refractivity contribution in [2.75, 3.05) is 23.3 Å². The van der Waals surface area contributed by atoms with E-state index in [1.165, 1.54) is 24.8 Å². The molecule has 1 saturated heterocycles. The van der Waals surface area contributed by atoms with Gasteiger partial charge in [0.2, 0.25) is 0 Å². The molecule has 0 bridgehead atoms. The Morgan fingerprint density at radius 3 is 2.46 bits per heavy atom. The molecule has 1 aliphatic rings. The van der Waals surface area contributed by atoms with Crippen molar-refractivity contribution < 1.29 is 4.79 Å². The second kappa shape index (κ2) is 7.47. The molecular formula is C20H25N3O.